The third-order valence-electron chi connectivity index (χ3n) is 2.13. The predicted octanol–water partition coefficient (Wildman–Crippen LogP) is 0.478. The van der Waals surface area contributed by atoms with Crippen LogP contribution in [0.25, 0.3) is 0 Å². The van der Waals surface area contributed by atoms with Gasteiger partial charge in [0.15, 0.2) is 12.7 Å². The van der Waals surface area contributed by atoms with Crippen LogP contribution in [0.1, 0.15) is 0 Å². The third-order valence-corrected chi connectivity index (χ3v) is 2.63. The Bertz CT molecular complexity index is 452. The van der Waals surface area contributed by atoms with E-state index in [1.54, 1.807) is 18.2 Å². The van der Waals surface area contributed by atoms with E-state index in [0.29, 0.717) is 5.75 Å². The first-order chi connectivity index (χ1) is 9.02. The van der Waals surface area contributed by atoms with Crippen molar-refractivity contribution in [2.45, 2.75) is 6.10 Å². The molecule has 1 aromatic rings. The standard InChI is InChI=1S/C12H14BrNO5/c1-18-12(17)10(15)6-14-11(16)7-19-9-4-2-3-8(13)5-9/h2-5,10,15H,6-7H2,1H3,(H,14,16). The minimum Gasteiger partial charge on any atom is -0.484 e. The van der Waals surface area contributed by atoms with Crippen molar-refractivity contribution in [2.75, 3.05) is 20.3 Å². The SMILES string of the molecule is COC(=O)C(O)CNC(=O)COc1cccc(Br)c1. The second-order valence-electron chi connectivity index (χ2n) is 3.59. The predicted molar refractivity (Wildman–Crippen MR) is 70.7 cm³/mol. The lowest BCUT2D eigenvalue weighted by Crippen LogP contribution is -2.39. The van der Waals surface area contributed by atoms with E-state index >= 15 is 0 Å². The summed E-state index contributed by atoms with van der Waals surface area (Å²) >= 11 is 3.28. The molecule has 0 aliphatic carbocycles. The van der Waals surface area contributed by atoms with Gasteiger partial charge in [0.25, 0.3) is 5.91 Å². The fourth-order valence-corrected chi connectivity index (χ4v) is 1.56. The van der Waals surface area contributed by atoms with Crippen LogP contribution in [-0.4, -0.2) is 43.3 Å². The maximum atomic E-state index is 11.4. The summed E-state index contributed by atoms with van der Waals surface area (Å²) in [7, 11) is 1.16. The molecule has 0 aliphatic heterocycles. The van der Waals surface area contributed by atoms with Gasteiger partial charge in [-0.25, -0.2) is 4.79 Å². The highest BCUT2D eigenvalue weighted by molar-refractivity contribution is 9.10. The molecule has 104 valence electrons. The highest BCUT2D eigenvalue weighted by atomic mass is 79.9. The molecule has 1 unspecified atom stereocenters. The molecule has 1 aromatic carbocycles. The lowest BCUT2D eigenvalue weighted by Gasteiger charge is -2.10. The molecule has 2 N–H and O–H groups in total. The second-order valence-corrected chi connectivity index (χ2v) is 4.50. The molecule has 0 fully saturated rings. The zero-order valence-electron chi connectivity index (χ0n) is 10.3. The van der Waals surface area contributed by atoms with Crippen molar-refractivity contribution in [1.29, 1.82) is 0 Å². The first kappa shape index (κ1) is 15.5. The molecule has 19 heavy (non-hydrogen) atoms. The maximum absolute atomic E-state index is 11.4. The number of halogens is 1. The number of nitrogens with one attached hydrogen (secondary N) is 1. The molecular weight excluding hydrogens is 318 g/mol. The van der Waals surface area contributed by atoms with Crippen molar-refractivity contribution in [3.63, 3.8) is 0 Å². The monoisotopic (exact) mass is 331 g/mol. The largest absolute Gasteiger partial charge is 0.484 e. The van der Waals surface area contributed by atoms with E-state index in [0.717, 1.165) is 11.6 Å². The van der Waals surface area contributed by atoms with E-state index in [9.17, 15) is 14.7 Å². The molecule has 0 bridgehead atoms. The van der Waals surface area contributed by atoms with Crippen molar-refractivity contribution in [2.24, 2.45) is 0 Å². The Balaban J connectivity index is 2.30. The zero-order chi connectivity index (χ0) is 14.3. The molecule has 7 heteroatoms. The normalized spacial score (nSPS) is 11.5. The van der Waals surface area contributed by atoms with Crippen LogP contribution in [-0.2, 0) is 14.3 Å². The highest BCUT2D eigenvalue weighted by Crippen LogP contribution is 2.17. The number of aliphatic hydroxyl groups excluding tert-OH is 1. The van der Waals surface area contributed by atoms with Crippen molar-refractivity contribution >= 4 is 27.8 Å². The summed E-state index contributed by atoms with van der Waals surface area (Å²) in [4.78, 5) is 22.3. The van der Waals surface area contributed by atoms with Gasteiger partial charge in [0.1, 0.15) is 5.75 Å². The molecule has 0 spiro atoms. The van der Waals surface area contributed by atoms with Crippen LogP contribution in [0.2, 0.25) is 0 Å². The summed E-state index contributed by atoms with van der Waals surface area (Å²) in [5, 5.41) is 11.6. The fraction of sp³-hybridized carbons (Fsp3) is 0.333. The fourth-order valence-electron chi connectivity index (χ4n) is 1.19. The molecule has 0 aromatic heterocycles. The lowest BCUT2D eigenvalue weighted by molar-refractivity contribution is -0.150. The number of carbonyl (C=O) groups excluding carboxylic acids is 2. The van der Waals surface area contributed by atoms with Crippen LogP contribution in [0.3, 0.4) is 0 Å². The van der Waals surface area contributed by atoms with Gasteiger partial charge in [-0.05, 0) is 18.2 Å². The number of aliphatic hydroxyl groups is 1. The van der Waals surface area contributed by atoms with Gasteiger partial charge >= 0.3 is 5.97 Å². The Morgan fingerprint density at radius 1 is 1.47 bits per heavy atom. The van der Waals surface area contributed by atoms with Crippen molar-refractivity contribution in [3.8, 4) is 5.75 Å². The Labute approximate surface area is 118 Å². The van der Waals surface area contributed by atoms with Gasteiger partial charge in [0, 0.05) is 4.47 Å². The van der Waals surface area contributed by atoms with Crippen LogP contribution in [0.5, 0.6) is 5.75 Å². The quantitative estimate of drug-likeness (QED) is 0.740. The van der Waals surface area contributed by atoms with Crippen molar-refractivity contribution in [1.82, 2.24) is 5.32 Å². The summed E-state index contributed by atoms with van der Waals surface area (Å²) in [6, 6.07) is 7.04. The van der Waals surface area contributed by atoms with Gasteiger partial charge in [-0.2, -0.15) is 0 Å². The first-order valence-electron chi connectivity index (χ1n) is 5.44. The van der Waals surface area contributed by atoms with Gasteiger partial charge in [-0.3, -0.25) is 4.79 Å². The summed E-state index contributed by atoms with van der Waals surface area (Å²) in [5.74, 6) is -0.700. The van der Waals surface area contributed by atoms with E-state index in [2.05, 4.69) is 26.0 Å². The van der Waals surface area contributed by atoms with Gasteiger partial charge in [0.05, 0.1) is 13.7 Å². The molecule has 1 rings (SSSR count). The lowest BCUT2D eigenvalue weighted by atomic mass is 10.3. The average Bonchev–Trinajstić information content (AvgIpc) is 2.41. The zero-order valence-corrected chi connectivity index (χ0v) is 11.8. The Hall–Kier alpha value is -1.60. The van der Waals surface area contributed by atoms with Crippen LogP contribution in [0.15, 0.2) is 28.7 Å². The molecule has 0 saturated carbocycles. The molecule has 6 nitrogen and oxygen atoms in total. The van der Waals surface area contributed by atoms with Crippen LogP contribution in [0, 0.1) is 0 Å². The minimum absolute atomic E-state index is 0.204. The molecule has 0 heterocycles. The summed E-state index contributed by atoms with van der Waals surface area (Å²) in [6.07, 6.45) is -1.38. The minimum atomic E-state index is -1.38. The second kappa shape index (κ2) is 7.75. The Kier molecular flexibility index (Phi) is 6.31. The number of methoxy groups -OCH3 is 1. The van der Waals surface area contributed by atoms with Gasteiger partial charge < -0.3 is 19.9 Å². The number of amides is 1. The van der Waals surface area contributed by atoms with E-state index in [1.165, 1.54) is 0 Å². The third kappa shape index (κ3) is 5.71. The average molecular weight is 332 g/mol. The number of esters is 1. The molecular formula is C12H14BrNO5. The van der Waals surface area contributed by atoms with Crippen LogP contribution < -0.4 is 10.1 Å². The molecule has 0 saturated heterocycles. The summed E-state index contributed by atoms with van der Waals surface area (Å²) < 4.78 is 10.4. The van der Waals surface area contributed by atoms with E-state index < -0.39 is 18.0 Å². The van der Waals surface area contributed by atoms with Gasteiger partial charge in [-0.15, -0.1) is 0 Å². The molecule has 0 aliphatic rings. The van der Waals surface area contributed by atoms with Crippen molar-refractivity contribution < 1.29 is 24.2 Å². The maximum Gasteiger partial charge on any atom is 0.336 e. The Morgan fingerprint density at radius 3 is 2.84 bits per heavy atom. The van der Waals surface area contributed by atoms with Crippen LogP contribution >= 0.6 is 15.9 Å². The smallest absolute Gasteiger partial charge is 0.336 e. The molecule has 1 amide bonds. The van der Waals surface area contributed by atoms with Gasteiger partial charge in [0.2, 0.25) is 0 Å². The summed E-state index contributed by atoms with van der Waals surface area (Å²) in [6.45, 7) is -0.419. The molecule has 0 radical (unpaired) electrons. The van der Waals surface area contributed by atoms with E-state index in [-0.39, 0.29) is 13.2 Å². The highest BCUT2D eigenvalue weighted by Gasteiger charge is 2.16. The first-order valence-corrected chi connectivity index (χ1v) is 6.23. The number of rotatable bonds is 6. The number of benzene rings is 1. The number of hydrogen-bond donors (Lipinski definition) is 2. The summed E-state index contributed by atoms with van der Waals surface area (Å²) in [5.41, 5.74) is 0. The van der Waals surface area contributed by atoms with Crippen molar-refractivity contribution in [3.05, 3.63) is 28.7 Å². The van der Waals surface area contributed by atoms with E-state index in [4.69, 9.17) is 4.74 Å². The number of ether oxygens (including phenoxy) is 2. The number of carbonyl (C=O) groups is 2. The van der Waals surface area contributed by atoms with Gasteiger partial charge in [-0.1, -0.05) is 22.0 Å². The Morgan fingerprint density at radius 2 is 2.21 bits per heavy atom. The van der Waals surface area contributed by atoms with E-state index in [1.807, 2.05) is 6.07 Å². The molecule has 1 atom stereocenters. The number of hydrogen-bond acceptors (Lipinski definition) is 5. The topological polar surface area (TPSA) is 84.9 Å². The van der Waals surface area contributed by atoms with Crippen LogP contribution in [0.4, 0.5) is 0 Å².